The Bertz CT molecular complexity index is 868. The summed E-state index contributed by atoms with van der Waals surface area (Å²) in [5.74, 6) is -0.331. The summed E-state index contributed by atoms with van der Waals surface area (Å²) < 4.78 is 30.0. The third-order valence-electron chi connectivity index (χ3n) is 3.27. The van der Waals surface area contributed by atoms with E-state index in [4.69, 9.17) is 4.74 Å². The molecule has 1 N–H and O–H groups in total. The number of sulfonamides is 1. The lowest BCUT2D eigenvalue weighted by molar-refractivity contribution is 0.0378. The van der Waals surface area contributed by atoms with Gasteiger partial charge in [-0.15, -0.1) is 0 Å². The van der Waals surface area contributed by atoms with Crippen LogP contribution in [0.15, 0.2) is 36.8 Å². The number of benzene rings is 1. The smallest absolute Gasteiger partial charge is 0.343 e. The van der Waals surface area contributed by atoms with Gasteiger partial charge in [0, 0.05) is 13.2 Å². The summed E-state index contributed by atoms with van der Waals surface area (Å²) in [7, 11) is -2.00. The average molecular weight is 364 g/mol. The highest BCUT2D eigenvalue weighted by atomic mass is 32.2. The third kappa shape index (κ3) is 4.66. The maximum absolute atomic E-state index is 12.2. The molecule has 8 nitrogen and oxygen atoms in total. The fourth-order valence-corrected chi connectivity index (χ4v) is 2.53. The Hall–Kier alpha value is -2.68. The van der Waals surface area contributed by atoms with Crippen LogP contribution >= 0.6 is 0 Å². The zero-order valence-corrected chi connectivity index (χ0v) is 15.2. The quantitative estimate of drug-likeness (QED) is 0.784. The summed E-state index contributed by atoms with van der Waals surface area (Å²) >= 11 is 0. The number of nitrogens with zero attached hydrogens (tertiary/aromatic N) is 3. The molecule has 2 rings (SSSR count). The Morgan fingerprint density at radius 2 is 1.96 bits per heavy atom. The van der Waals surface area contributed by atoms with Gasteiger partial charge in [0.15, 0.2) is 0 Å². The Labute approximate surface area is 146 Å². The number of rotatable bonds is 6. The Morgan fingerprint density at radius 1 is 1.28 bits per heavy atom. The number of nitrogens with one attached hydrogen (secondary N) is 1. The van der Waals surface area contributed by atoms with E-state index in [0.717, 1.165) is 10.6 Å². The number of carbonyl (C=O) groups excluding carboxylic acids is 1. The van der Waals surface area contributed by atoms with Crippen molar-refractivity contribution in [2.24, 2.45) is 0 Å². The second kappa shape index (κ2) is 7.47. The highest BCUT2D eigenvalue weighted by Gasteiger charge is 2.19. The SMILES string of the molecule is CC(C)OC(=O)c1cncnc1Nc1ccccc1N(C)S(C)(=O)=O. The number of para-hydroxylation sites is 2. The molecule has 0 fully saturated rings. The zero-order valence-electron chi connectivity index (χ0n) is 14.4. The Kier molecular flexibility index (Phi) is 5.58. The van der Waals surface area contributed by atoms with Crippen LogP contribution in [0, 0.1) is 0 Å². The van der Waals surface area contributed by atoms with Crippen molar-refractivity contribution >= 4 is 33.2 Å². The van der Waals surface area contributed by atoms with Crippen molar-refractivity contribution < 1.29 is 17.9 Å². The molecule has 9 heteroatoms. The lowest BCUT2D eigenvalue weighted by Crippen LogP contribution is -2.25. The van der Waals surface area contributed by atoms with E-state index in [0.29, 0.717) is 11.4 Å². The average Bonchev–Trinajstić information content (AvgIpc) is 2.53. The molecule has 134 valence electrons. The largest absolute Gasteiger partial charge is 0.459 e. The first-order valence-corrected chi connectivity index (χ1v) is 9.36. The number of hydrogen-bond donors (Lipinski definition) is 1. The van der Waals surface area contributed by atoms with Gasteiger partial charge < -0.3 is 10.1 Å². The minimum atomic E-state index is -3.44. The summed E-state index contributed by atoms with van der Waals surface area (Å²) in [5, 5.41) is 2.99. The lowest BCUT2D eigenvalue weighted by atomic mass is 10.2. The van der Waals surface area contributed by atoms with Crippen LogP contribution in [-0.2, 0) is 14.8 Å². The van der Waals surface area contributed by atoms with Crippen molar-refractivity contribution in [2.45, 2.75) is 20.0 Å². The van der Waals surface area contributed by atoms with Gasteiger partial charge in [-0.05, 0) is 26.0 Å². The number of ether oxygens (including phenoxy) is 1. The highest BCUT2D eigenvalue weighted by molar-refractivity contribution is 7.92. The van der Waals surface area contributed by atoms with Crippen LogP contribution in [0.3, 0.4) is 0 Å². The zero-order chi connectivity index (χ0) is 18.6. The first kappa shape index (κ1) is 18.7. The van der Waals surface area contributed by atoms with Gasteiger partial charge in [0.05, 0.1) is 23.7 Å². The lowest BCUT2D eigenvalue weighted by Gasteiger charge is -2.21. The van der Waals surface area contributed by atoms with Crippen molar-refractivity contribution in [2.75, 3.05) is 22.9 Å². The number of carbonyl (C=O) groups is 1. The molecular weight excluding hydrogens is 344 g/mol. The molecule has 2 aromatic rings. The minimum Gasteiger partial charge on any atom is -0.459 e. The van der Waals surface area contributed by atoms with Crippen molar-refractivity contribution in [3.63, 3.8) is 0 Å². The van der Waals surface area contributed by atoms with Crippen LogP contribution in [-0.4, -0.2) is 43.8 Å². The molecule has 0 aliphatic rings. The van der Waals surface area contributed by atoms with Crippen molar-refractivity contribution in [3.05, 3.63) is 42.4 Å². The van der Waals surface area contributed by atoms with Crippen LogP contribution in [0.25, 0.3) is 0 Å². The third-order valence-corrected chi connectivity index (χ3v) is 4.46. The van der Waals surface area contributed by atoms with Gasteiger partial charge in [-0.25, -0.2) is 23.2 Å². The standard InChI is InChI=1S/C16H20N4O4S/c1-11(2)24-16(21)12-9-17-10-18-15(12)19-13-7-5-6-8-14(13)20(3)25(4,22)23/h5-11H,1-4H3,(H,17,18,19). The topological polar surface area (TPSA) is 101 Å². The summed E-state index contributed by atoms with van der Waals surface area (Å²) in [6.07, 6.45) is 3.46. The fourth-order valence-electron chi connectivity index (χ4n) is 2.02. The molecule has 0 bridgehead atoms. The van der Waals surface area contributed by atoms with Crippen LogP contribution in [0.4, 0.5) is 17.2 Å². The molecule has 0 unspecified atom stereocenters. The molecule has 0 radical (unpaired) electrons. The number of esters is 1. The second-order valence-electron chi connectivity index (χ2n) is 5.61. The van der Waals surface area contributed by atoms with E-state index < -0.39 is 16.0 Å². The maximum atomic E-state index is 12.2. The summed E-state index contributed by atoms with van der Waals surface area (Å²) in [6, 6.07) is 6.80. The van der Waals surface area contributed by atoms with Crippen LogP contribution < -0.4 is 9.62 Å². The fraction of sp³-hybridized carbons (Fsp3) is 0.312. The summed E-state index contributed by atoms with van der Waals surface area (Å²) in [6.45, 7) is 3.48. The van der Waals surface area contributed by atoms with Crippen molar-refractivity contribution in [1.82, 2.24) is 9.97 Å². The molecule has 0 aliphatic carbocycles. The van der Waals surface area contributed by atoms with Crippen LogP contribution in [0.1, 0.15) is 24.2 Å². The van der Waals surface area contributed by atoms with Crippen LogP contribution in [0.2, 0.25) is 0 Å². The molecule has 0 amide bonds. The molecule has 1 aromatic carbocycles. The predicted octanol–water partition coefficient (Wildman–Crippen LogP) is 2.18. The normalized spacial score (nSPS) is 11.2. The highest BCUT2D eigenvalue weighted by Crippen LogP contribution is 2.29. The van der Waals surface area contributed by atoms with E-state index in [1.165, 1.54) is 19.6 Å². The monoisotopic (exact) mass is 364 g/mol. The molecule has 0 saturated heterocycles. The minimum absolute atomic E-state index is 0.160. The Balaban J connectivity index is 2.41. The first-order chi connectivity index (χ1) is 11.7. The van der Waals surface area contributed by atoms with Gasteiger partial charge in [0.2, 0.25) is 10.0 Å². The van der Waals surface area contributed by atoms with Gasteiger partial charge in [-0.1, -0.05) is 12.1 Å². The molecule has 0 saturated carbocycles. The number of hydrogen-bond acceptors (Lipinski definition) is 7. The first-order valence-electron chi connectivity index (χ1n) is 7.51. The van der Waals surface area contributed by atoms with E-state index in [2.05, 4.69) is 15.3 Å². The summed E-state index contributed by atoms with van der Waals surface area (Å²) in [5.41, 5.74) is 1.06. The van der Waals surface area contributed by atoms with E-state index >= 15 is 0 Å². The Morgan fingerprint density at radius 3 is 2.60 bits per heavy atom. The van der Waals surface area contributed by atoms with Gasteiger partial charge in [0.25, 0.3) is 0 Å². The molecular formula is C16H20N4O4S. The van der Waals surface area contributed by atoms with Gasteiger partial charge in [-0.3, -0.25) is 4.31 Å². The number of anilines is 3. The van der Waals surface area contributed by atoms with Gasteiger partial charge in [-0.2, -0.15) is 0 Å². The van der Waals surface area contributed by atoms with Crippen molar-refractivity contribution in [3.8, 4) is 0 Å². The van der Waals surface area contributed by atoms with Gasteiger partial charge in [0.1, 0.15) is 17.7 Å². The molecule has 0 spiro atoms. The van der Waals surface area contributed by atoms with Crippen molar-refractivity contribution in [1.29, 1.82) is 0 Å². The second-order valence-corrected chi connectivity index (χ2v) is 7.63. The van der Waals surface area contributed by atoms with Crippen LogP contribution in [0.5, 0.6) is 0 Å². The number of aromatic nitrogens is 2. The van der Waals surface area contributed by atoms with E-state index in [1.54, 1.807) is 38.1 Å². The molecule has 0 aliphatic heterocycles. The molecule has 1 aromatic heterocycles. The van der Waals surface area contributed by atoms with E-state index in [-0.39, 0.29) is 17.5 Å². The molecule has 1 heterocycles. The van der Waals surface area contributed by atoms with E-state index in [9.17, 15) is 13.2 Å². The maximum Gasteiger partial charge on any atom is 0.343 e. The molecule has 0 atom stereocenters. The molecule has 25 heavy (non-hydrogen) atoms. The predicted molar refractivity (Wildman–Crippen MR) is 95.6 cm³/mol. The van der Waals surface area contributed by atoms with Gasteiger partial charge >= 0.3 is 5.97 Å². The summed E-state index contributed by atoms with van der Waals surface area (Å²) in [4.78, 5) is 20.1. The van der Waals surface area contributed by atoms with E-state index in [1.807, 2.05) is 0 Å².